The molecule has 162 valence electrons. The molecule has 32 heavy (non-hydrogen) atoms. The predicted octanol–water partition coefficient (Wildman–Crippen LogP) is 2.74. The van der Waals surface area contributed by atoms with E-state index in [2.05, 4.69) is 26.0 Å². The van der Waals surface area contributed by atoms with Gasteiger partial charge in [0.25, 0.3) is 11.6 Å². The first-order chi connectivity index (χ1) is 15.6. The first kappa shape index (κ1) is 20.2. The summed E-state index contributed by atoms with van der Waals surface area (Å²) in [7, 11) is 0. The summed E-state index contributed by atoms with van der Waals surface area (Å²) in [5, 5.41) is 16.6. The lowest BCUT2D eigenvalue weighted by molar-refractivity contribution is -0.384. The Hall–Kier alpha value is -3.70. The highest BCUT2D eigenvalue weighted by Crippen LogP contribution is 2.25. The smallest absolute Gasteiger partial charge is 0.295 e. The summed E-state index contributed by atoms with van der Waals surface area (Å²) < 4.78 is 2.49. The van der Waals surface area contributed by atoms with Crippen molar-refractivity contribution in [3.8, 4) is 5.69 Å². The normalized spacial score (nSPS) is 14.7. The van der Waals surface area contributed by atoms with Crippen molar-refractivity contribution < 1.29 is 9.72 Å². The minimum atomic E-state index is -0.510. The molecular formula is C21H19N7O3S. The van der Waals surface area contributed by atoms with E-state index >= 15 is 0 Å². The van der Waals surface area contributed by atoms with Crippen LogP contribution in [0.4, 0.5) is 5.69 Å². The van der Waals surface area contributed by atoms with Gasteiger partial charge in [-0.1, -0.05) is 12.1 Å². The Bertz CT molecular complexity index is 1250. The van der Waals surface area contributed by atoms with Crippen molar-refractivity contribution in [1.29, 1.82) is 0 Å². The fraction of sp³-hybridized carbons (Fsp3) is 0.238. The molecule has 0 spiro atoms. The van der Waals surface area contributed by atoms with E-state index in [0.29, 0.717) is 18.7 Å². The van der Waals surface area contributed by atoms with Crippen LogP contribution in [0.5, 0.6) is 0 Å². The van der Waals surface area contributed by atoms with Crippen LogP contribution in [0.2, 0.25) is 0 Å². The van der Waals surface area contributed by atoms with Crippen LogP contribution in [0, 0.1) is 10.1 Å². The third-order valence-corrected chi connectivity index (χ3v) is 6.46. The summed E-state index contributed by atoms with van der Waals surface area (Å²) in [6, 6.07) is 12.5. The largest absolute Gasteiger partial charge is 0.336 e. The highest BCUT2D eigenvalue weighted by Gasteiger charge is 2.25. The van der Waals surface area contributed by atoms with Gasteiger partial charge in [-0.2, -0.15) is 5.10 Å². The lowest BCUT2D eigenvalue weighted by atomic mass is 10.1. The van der Waals surface area contributed by atoms with Gasteiger partial charge in [-0.3, -0.25) is 19.8 Å². The number of para-hydroxylation sites is 1. The van der Waals surface area contributed by atoms with Crippen LogP contribution in [0.3, 0.4) is 0 Å². The van der Waals surface area contributed by atoms with E-state index in [9.17, 15) is 14.9 Å². The van der Waals surface area contributed by atoms with Crippen LogP contribution in [-0.4, -0.2) is 66.6 Å². The minimum absolute atomic E-state index is 0.184. The van der Waals surface area contributed by atoms with E-state index in [1.807, 2.05) is 18.2 Å². The summed E-state index contributed by atoms with van der Waals surface area (Å²) in [5.41, 5.74) is 1.39. The van der Waals surface area contributed by atoms with Crippen LogP contribution >= 0.6 is 11.3 Å². The van der Waals surface area contributed by atoms with Gasteiger partial charge in [0, 0.05) is 37.8 Å². The molecule has 0 radical (unpaired) electrons. The van der Waals surface area contributed by atoms with Crippen molar-refractivity contribution in [1.82, 2.24) is 29.5 Å². The summed E-state index contributed by atoms with van der Waals surface area (Å²) in [4.78, 5) is 36.6. The lowest BCUT2D eigenvalue weighted by Gasteiger charge is -2.34. The number of nitrogens with zero attached hydrogens (tertiary/aromatic N) is 7. The zero-order valence-corrected chi connectivity index (χ0v) is 17.8. The molecule has 0 saturated carbocycles. The van der Waals surface area contributed by atoms with Crippen LogP contribution in [-0.2, 0) is 6.54 Å². The Kier molecular flexibility index (Phi) is 5.33. The number of piperazine rings is 1. The van der Waals surface area contributed by atoms with E-state index in [-0.39, 0.29) is 17.3 Å². The van der Waals surface area contributed by atoms with Gasteiger partial charge in [-0.15, -0.1) is 11.3 Å². The molecule has 1 saturated heterocycles. The van der Waals surface area contributed by atoms with Crippen molar-refractivity contribution in [2.45, 2.75) is 6.54 Å². The molecule has 0 bridgehead atoms. The monoisotopic (exact) mass is 449 g/mol. The Labute approximate surface area is 186 Å². The summed E-state index contributed by atoms with van der Waals surface area (Å²) >= 11 is 1.69. The minimum Gasteiger partial charge on any atom is -0.336 e. The van der Waals surface area contributed by atoms with Crippen molar-refractivity contribution in [2.24, 2.45) is 0 Å². The molecule has 11 heteroatoms. The number of carbonyl (C=O) groups excluding carboxylic acids is 1. The zero-order valence-electron chi connectivity index (χ0n) is 17.0. The molecule has 10 nitrogen and oxygen atoms in total. The second-order valence-electron chi connectivity index (χ2n) is 7.44. The fourth-order valence-corrected chi connectivity index (χ4v) is 4.81. The number of fused-ring (bicyclic) bond motifs is 1. The van der Waals surface area contributed by atoms with Gasteiger partial charge < -0.3 is 4.90 Å². The number of benzene rings is 2. The second-order valence-corrected chi connectivity index (χ2v) is 8.56. The molecule has 3 heterocycles. The lowest BCUT2D eigenvalue weighted by Crippen LogP contribution is -2.48. The molecule has 1 aliphatic rings. The highest BCUT2D eigenvalue weighted by molar-refractivity contribution is 7.18. The van der Waals surface area contributed by atoms with Gasteiger partial charge in [-0.05, 0) is 24.3 Å². The maximum absolute atomic E-state index is 13.0. The molecule has 5 rings (SSSR count). The molecule has 0 atom stereocenters. The van der Waals surface area contributed by atoms with Crippen LogP contribution in [0.25, 0.3) is 15.9 Å². The second kappa shape index (κ2) is 8.44. The van der Waals surface area contributed by atoms with Crippen LogP contribution in [0.1, 0.15) is 15.4 Å². The van der Waals surface area contributed by atoms with E-state index in [1.165, 1.54) is 34.2 Å². The molecule has 0 aliphatic carbocycles. The molecule has 0 unspecified atom stereocenters. The maximum atomic E-state index is 13.0. The number of aromatic nitrogens is 4. The topological polar surface area (TPSA) is 110 Å². The molecule has 1 aliphatic heterocycles. The van der Waals surface area contributed by atoms with E-state index < -0.39 is 4.92 Å². The van der Waals surface area contributed by atoms with Crippen molar-refractivity contribution >= 4 is 33.1 Å². The van der Waals surface area contributed by atoms with Crippen LogP contribution < -0.4 is 0 Å². The van der Waals surface area contributed by atoms with Crippen molar-refractivity contribution in [3.63, 3.8) is 0 Å². The Morgan fingerprint density at radius 2 is 1.94 bits per heavy atom. The number of hydrogen-bond acceptors (Lipinski definition) is 8. The molecule has 2 aromatic heterocycles. The standard InChI is InChI=1S/C21H19N7O3S/c29-21(15-5-6-17(18(11-15)28(30)31)27-14-22-13-23-27)26-9-7-25(8-10-26)12-20-24-16-3-1-2-4-19(16)32-20/h1-6,11,13-14H,7-10,12H2. The maximum Gasteiger partial charge on any atom is 0.295 e. The number of nitro benzene ring substituents is 1. The van der Waals surface area contributed by atoms with Gasteiger partial charge in [-0.25, -0.2) is 14.6 Å². The number of carbonyl (C=O) groups is 1. The number of rotatable bonds is 5. The molecule has 1 fully saturated rings. The molecule has 1 amide bonds. The number of hydrogen-bond donors (Lipinski definition) is 0. The average Bonchev–Trinajstić information content (AvgIpc) is 3.48. The summed E-state index contributed by atoms with van der Waals surface area (Å²) in [5.74, 6) is -0.210. The first-order valence-corrected chi connectivity index (χ1v) is 10.9. The van der Waals surface area contributed by atoms with Crippen molar-refractivity contribution in [3.05, 3.63) is 75.8 Å². The van der Waals surface area contributed by atoms with Gasteiger partial charge in [0.05, 0.1) is 21.7 Å². The van der Waals surface area contributed by atoms with E-state index in [4.69, 9.17) is 0 Å². The highest BCUT2D eigenvalue weighted by atomic mass is 32.1. The predicted molar refractivity (Wildman–Crippen MR) is 119 cm³/mol. The summed E-state index contributed by atoms with van der Waals surface area (Å²) in [6.07, 6.45) is 2.69. The van der Waals surface area contributed by atoms with Crippen LogP contribution in [0.15, 0.2) is 55.1 Å². The quantitative estimate of drug-likeness (QED) is 0.340. The van der Waals surface area contributed by atoms with E-state index in [0.717, 1.165) is 30.2 Å². The van der Waals surface area contributed by atoms with Crippen molar-refractivity contribution in [2.75, 3.05) is 26.2 Å². The summed E-state index contributed by atoms with van der Waals surface area (Å²) in [6.45, 7) is 3.31. The Balaban J connectivity index is 1.26. The van der Waals surface area contributed by atoms with E-state index in [1.54, 1.807) is 22.3 Å². The third kappa shape index (κ3) is 3.95. The SMILES string of the molecule is O=C(c1ccc(-n2cncn2)c([N+](=O)[O-])c1)N1CCN(Cc2nc3ccccc3s2)CC1. The van der Waals surface area contributed by atoms with Gasteiger partial charge >= 0.3 is 0 Å². The first-order valence-electron chi connectivity index (χ1n) is 10.1. The van der Waals surface area contributed by atoms with Gasteiger partial charge in [0.2, 0.25) is 0 Å². The zero-order chi connectivity index (χ0) is 22.1. The number of nitro groups is 1. The third-order valence-electron chi connectivity index (χ3n) is 5.44. The Morgan fingerprint density at radius 1 is 1.12 bits per heavy atom. The fourth-order valence-electron chi connectivity index (χ4n) is 3.80. The molecule has 4 aromatic rings. The molecular weight excluding hydrogens is 430 g/mol. The average molecular weight is 449 g/mol. The molecule has 0 N–H and O–H groups in total. The van der Waals surface area contributed by atoms with Gasteiger partial charge in [0.15, 0.2) is 0 Å². The number of amides is 1. The number of thiazole rings is 1. The Morgan fingerprint density at radius 3 is 2.66 bits per heavy atom. The molecule has 2 aromatic carbocycles. The van der Waals surface area contributed by atoms with Gasteiger partial charge in [0.1, 0.15) is 23.3 Å².